The van der Waals surface area contributed by atoms with Crippen LogP contribution in [0, 0.1) is 0 Å². The standard InChI is InChI=1S/C39H41N3O7S2/c1-5-49-39(46)33-29-19-10-7-11-21-32(29)51-38(33)42-35(43)24(2)50-28-18-13-17-27(23-28)40-37(45)30(41-36(44)25-14-8-6-9-15-25)22-26-16-12-20-31(47-3)34(26)48-4/h6,8-9,12-18,20,22-24H,5,7,10-11,19,21H2,1-4H3,(H,40,45)(H,41,44)(H,42,43)/b30-22+. The van der Waals surface area contributed by atoms with Crippen LogP contribution in [0.5, 0.6) is 11.5 Å². The second-order valence-corrected chi connectivity index (χ2v) is 14.2. The lowest BCUT2D eigenvalue weighted by Gasteiger charge is -2.15. The van der Waals surface area contributed by atoms with Crippen molar-refractivity contribution in [3.05, 3.63) is 106 Å². The third-order valence-electron chi connectivity index (χ3n) is 8.17. The predicted octanol–water partition coefficient (Wildman–Crippen LogP) is 7.74. The number of nitrogens with one attached hydrogen (secondary N) is 3. The third kappa shape index (κ3) is 9.39. The van der Waals surface area contributed by atoms with Gasteiger partial charge in [-0.3, -0.25) is 14.4 Å². The maximum absolute atomic E-state index is 13.7. The van der Waals surface area contributed by atoms with Crippen LogP contribution in [-0.2, 0) is 27.2 Å². The van der Waals surface area contributed by atoms with Crippen LogP contribution >= 0.6 is 23.1 Å². The lowest BCUT2D eigenvalue weighted by molar-refractivity contribution is -0.115. The van der Waals surface area contributed by atoms with Gasteiger partial charge in [-0.25, -0.2) is 4.79 Å². The Morgan fingerprint density at radius 1 is 0.902 bits per heavy atom. The molecule has 51 heavy (non-hydrogen) atoms. The number of benzene rings is 3. The summed E-state index contributed by atoms with van der Waals surface area (Å²) in [5, 5.41) is 8.62. The summed E-state index contributed by atoms with van der Waals surface area (Å²) in [6, 6.07) is 20.9. The first-order valence-electron chi connectivity index (χ1n) is 16.7. The highest BCUT2D eigenvalue weighted by molar-refractivity contribution is 8.00. The second-order valence-electron chi connectivity index (χ2n) is 11.7. The van der Waals surface area contributed by atoms with Crippen LogP contribution in [0.3, 0.4) is 0 Å². The number of hydrogen-bond donors (Lipinski definition) is 3. The van der Waals surface area contributed by atoms with Gasteiger partial charge in [0, 0.05) is 26.6 Å². The molecule has 3 amide bonds. The fourth-order valence-corrected chi connectivity index (χ4v) is 7.90. The van der Waals surface area contributed by atoms with Crippen molar-refractivity contribution in [2.24, 2.45) is 0 Å². The highest BCUT2D eigenvalue weighted by atomic mass is 32.2. The minimum absolute atomic E-state index is 0.0204. The molecule has 12 heteroatoms. The van der Waals surface area contributed by atoms with E-state index in [0.717, 1.165) is 47.4 Å². The largest absolute Gasteiger partial charge is 0.493 e. The first kappa shape index (κ1) is 37.2. The number of fused-ring (bicyclic) bond motifs is 1. The number of carbonyl (C=O) groups excluding carboxylic acids is 4. The van der Waals surface area contributed by atoms with Crippen molar-refractivity contribution in [1.82, 2.24) is 5.32 Å². The average molecular weight is 728 g/mol. The van der Waals surface area contributed by atoms with Crippen molar-refractivity contribution in [2.45, 2.75) is 56.1 Å². The Balaban J connectivity index is 1.33. The normalized spacial score (nSPS) is 13.2. The molecule has 1 aliphatic carbocycles. The third-order valence-corrected chi connectivity index (χ3v) is 10.5. The predicted molar refractivity (Wildman–Crippen MR) is 202 cm³/mol. The van der Waals surface area contributed by atoms with Crippen molar-refractivity contribution in [2.75, 3.05) is 31.5 Å². The van der Waals surface area contributed by atoms with Gasteiger partial charge in [0.2, 0.25) is 5.91 Å². The molecule has 0 bridgehead atoms. The zero-order valence-electron chi connectivity index (χ0n) is 29.0. The molecule has 0 fully saturated rings. The van der Waals surface area contributed by atoms with Gasteiger partial charge in [0.05, 0.1) is 31.6 Å². The van der Waals surface area contributed by atoms with Gasteiger partial charge in [-0.2, -0.15) is 0 Å². The van der Waals surface area contributed by atoms with Crippen LogP contribution in [0.2, 0.25) is 0 Å². The van der Waals surface area contributed by atoms with Crippen LogP contribution in [0.25, 0.3) is 6.08 Å². The summed E-state index contributed by atoms with van der Waals surface area (Å²) in [6.45, 7) is 3.81. The maximum atomic E-state index is 13.7. The van der Waals surface area contributed by atoms with Crippen LogP contribution in [0.15, 0.2) is 83.4 Å². The number of esters is 1. The Morgan fingerprint density at radius 3 is 2.41 bits per heavy atom. The molecule has 3 N–H and O–H groups in total. The Hall–Kier alpha value is -5.07. The number of amides is 3. The number of thioether (sulfide) groups is 1. The van der Waals surface area contributed by atoms with Crippen LogP contribution in [-0.4, -0.2) is 49.8 Å². The van der Waals surface area contributed by atoms with E-state index in [0.29, 0.717) is 38.9 Å². The SMILES string of the molecule is CCOC(=O)c1c(NC(=O)C(C)Sc2cccc(NC(=O)/C(=C\c3cccc(OC)c3OC)NC(=O)c3ccccc3)c2)sc2c1CCCCC2. The van der Waals surface area contributed by atoms with E-state index >= 15 is 0 Å². The molecule has 3 aromatic carbocycles. The molecule has 0 aliphatic heterocycles. The smallest absolute Gasteiger partial charge is 0.341 e. The zero-order chi connectivity index (χ0) is 36.3. The van der Waals surface area contributed by atoms with Gasteiger partial charge in [-0.15, -0.1) is 23.1 Å². The average Bonchev–Trinajstić information content (AvgIpc) is 3.31. The van der Waals surface area contributed by atoms with E-state index in [-0.39, 0.29) is 18.2 Å². The number of rotatable bonds is 13. The fourth-order valence-electron chi connectivity index (χ4n) is 5.69. The van der Waals surface area contributed by atoms with Crippen molar-refractivity contribution < 1.29 is 33.4 Å². The Bertz CT molecular complexity index is 1920. The van der Waals surface area contributed by atoms with Gasteiger partial charge in [0.1, 0.15) is 10.7 Å². The lowest BCUT2D eigenvalue weighted by atomic mass is 10.1. The molecule has 0 saturated heterocycles. The van der Waals surface area contributed by atoms with E-state index in [9.17, 15) is 19.2 Å². The Labute approximate surface area is 306 Å². The van der Waals surface area contributed by atoms with Crippen molar-refractivity contribution in [1.29, 1.82) is 0 Å². The fraction of sp³-hybridized carbons (Fsp3) is 0.282. The number of ether oxygens (including phenoxy) is 3. The van der Waals surface area contributed by atoms with Crippen LogP contribution in [0.1, 0.15) is 69.8 Å². The van der Waals surface area contributed by atoms with E-state index in [2.05, 4.69) is 16.0 Å². The number of thiophene rings is 1. The van der Waals surface area contributed by atoms with E-state index in [1.807, 2.05) is 6.07 Å². The quantitative estimate of drug-likeness (QED) is 0.0552. The second kappa shape index (κ2) is 17.7. The highest BCUT2D eigenvalue weighted by Crippen LogP contribution is 2.39. The summed E-state index contributed by atoms with van der Waals surface area (Å²) >= 11 is 2.77. The zero-order valence-corrected chi connectivity index (χ0v) is 30.6. The lowest BCUT2D eigenvalue weighted by Crippen LogP contribution is -2.30. The molecule has 0 saturated carbocycles. The summed E-state index contributed by atoms with van der Waals surface area (Å²) < 4.78 is 16.3. The Kier molecular flexibility index (Phi) is 12.9. The van der Waals surface area contributed by atoms with E-state index in [4.69, 9.17) is 14.2 Å². The molecule has 266 valence electrons. The molecule has 4 aromatic rings. The van der Waals surface area contributed by atoms with Gasteiger partial charge in [0.25, 0.3) is 11.8 Å². The summed E-state index contributed by atoms with van der Waals surface area (Å²) in [5.41, 5.74) is 2.81. The van der Waals surface area contributed by atoms with E-state index < -0.39 is 23.0 Å². The summed E-state index contributed by atoms with van der Waals surface area (Å²) in [5.74, 6) is -0.823. The molecule has 0 spiro atoms. The van der Waals surface area contributed by atoms with Gasteiger partial charge < -0.3 is 30.2 Å². The number of hydrogen-bond acceptors (Lipinski definition) is 9. The number of carbonyl (C=O) groups is 4. The summed E-state index contributed by atoms with van der Waals surface area (Å²) in [4.78, 5) is 55.2. The van der Waals surface area contributed by atoms with Crippen molar-refractivity contribution >= 4 is 63.6 Å². The highest BCUT2D eigenvalue weighted by Gasteiger charge is 2.28. The van der Waals surface area contributed by atoms with Crippen LogP contribution in [0.4, 0.5) is 10.7 Å². The summed E-state index contributed by atoms with van der Waals surface area (Å²) in [6.07, 6.45) is 6.35. The molecule has 0 radical (unpaired) electrons. The number of aryl methyl sites for hydroxylation is 1. The van der Waals surface area contributed by atoms with E-state index in [1.165, 1.54) is 43.4 Å². The maximum Gasteiger partial charge on any atom is 0.341 e. The first-order valence-corrected chi connectivity index (χ1v) is 18.4. The van der Waals surface area contributed by atoms with Crippen molar-refractivity contribution in [3.63, 3.8) is 0 Å². The van der Waals surface area contributed by atoms with Crippen molar-refractivity contribution in [3.8, 4) is 11.5 Å². The van der Waals surface area contributed by atoms with Gasteiger partial charge in [-0.05, 0) is 87.6 Å². The molecule has 10 nitrogen and oxygen atoms in total. The topological polar surface area (TPSA) is 132 Å². The molecular weight excluding hydrogens is 687 g/mol. The summed E-state index contributed by atoms with van der Waals surface area (Å²) in [7, 11) is 3.01. The molecule has 1 aliphatic rings. The molecule has 1 heterocycles. The number of para-hydroxylation sites is 1. The number of methoxy groups -OCH3 is 2. The molecule has 1 unspecified atom stereocenters. The van der Waals surface area contributed by atoms with Crippen LogP contribution < -0.4 is 25.4 Å². The molecule has 1 aromatic heterocycles. The van der Waals surface area contributed by atoms with Gasteiger partial charge in [-0.1, -0.05) is 42.8 Å². The van der Waals surface area contributed by atoms with Gasteiger partial charge in [0.15, 0.2) is 11.5 Å². The first-order chi connectivity index (χ1) is 24.7. The minimum atomic E-state index is -0.568. The molecule has 1 atom stereocenters. The number of anilines is 2. The molecule has 5 rings (SSSR count). The monoisotopic (exact) mass is 727 g/mol. The molecular formula is C39H41N3O7S2. The van der Waals surface area contributed by atoms with E-state index in [1.54, 1.807) is 80.6 Å². The van der Waals surface area contributed by atoms with Gasteiger partial charge >= 0.3 is 5.97 Å². The Morgan fingerprint density at radius 2 is 1.67 bits per heavy atom. The minimum Gasteiger partial charge on any atom is -0.493 e.